The predicted octanol–water partition coefficient (Wildman–Crippen LogP) is 4.27. The minimum absolute atomic E-state index is 0.0504. The van der Waals surface area contributed by atoms with E-state index in [1.165, 1.54) is 36.4 Å². The summed E-state index contributed by atoms with van der Waals surface area (Å²) in [7, 11) is 0. The van der Waals surface area contributed by atoms with E-state index in [1.807, 2.05) is 0 Å². The van der Waals surface area contributed by atoms with Crippen molar-refractivity contribution in [3.05, 3.63) is 94.3 Å². The first-order chi connectivity index (χ1) is 14.4. The van der Waals surface area contributed by atoms with Crippen LogP contribution in [0.5, 0.6) is 0 Å². The van der Waals surface area contributed by atoms with Gasteiger partial charge in [0.15, 0.2) is 6.61 Å². The smallest absolute Gasteiger partial charge is 0.338 e. The molecule has 0 heterocycles. The molecule has 0 fully saturated rings. The van der Waals surface area contributed by atoms with Gasteiger partial charge in [0.25, 0.3) is 11.6 Å². The third-order valence-corrected chi connectivity index (χ3v) is 3.97. The fourth-order valence-corrected chi connectivity index (χ4v) is 2.56. The number of esters is 1. The fourth-order valence-electron chi connectivity index (χ4n) is 2.56. The lowest BCUT2D eigenvalue weighted by molar-refractivity contribution is -0.383. The standard InChI is InChI=1S/C21H16FN3O5/c22-16-8-4-5-9-17(16)24-20(26)13-30-21(27)14-10-11-18(19(12-14)25(28)29)23-15-6-2-1-3-7-15/h1-12,23H,13H2,(H,24,26). The Kier molecular flexibility index (Phi) is 6.33. The van der Waals surface area contributed by atoms with Gasteiger partial charge in [0, 0.05) is 11.8 Å². The molecule has 8 nitrogen and oxygen atoms in total. The molecule has 0 aliphatic heterocycles. The van der Waals surface area contributed by atoms with E-state index in [0.717, 1.165) is 6.07 Å². The number of anilines is 3. The van der Waals surface area contributed by atoms with Crippen molar-refractivity contribution in [1.82, 2.24) is 0 Å². The molecule has 9 heteroatoms. The van der Waals surface area contributed by atoms with Gasteiger partial charge < -0.3 is 15.4 Å². The van der Waals surface area contributed by atoms with Crippen LogP contribution in [0.1, 0.15) is 10.4 Å². The maximum absolute atomic E-state index is 13.5. The highest BCUT2D eigenvalue weighted by Crippen LogP contribution is 2.29. The molecule has 0 saturated heterocycles. The third kappa shape index (κ3) is 5.16. The Hall–Kier alpha value is -4.27. The largest absolute Gasteiger partial charge is 0.452 e. The molecule has 0 atom stereocenters. The summed E-state index contributed by atoms with van der Waals surface area (Å²) in [6.45, 7) is -0.676. The van der Waals surface area contributed by atoms with Crippen LogP contribution in [0.4, 0.5) is 27.1 Å². The van der Waals surface area contributed by atoms with Crippen LogP contribution in [-0.2, 0) is 9.53 Å². The molecule has 0 saturated carbocycles. The minimum atomic E-state index is -0.923. The molecule has 0 bridgehead atoms. The van der Waals surface area contributed by atoms with Gasteiger partial charge in [0.05, 0.1) is 16.2 Å². The van der Waals surface area contributed by atoms with Gasteiger partial charge in [-0.3, -0.25) is 14.9 Å². The fraction of sp³-hybridized carbons (Fsp3) is 0.0476. The predicted molar refractivity (Wildman–Crippen MR) is 108 cm³/mol. The van der Waals surface area contributed by atoms with Crippen LogP contribution in [0.25, 0.3) is 0 Å². The number of nitro groups is 1. The molecule has 2 N–H and O–H groups in total. The SMILES string of the molecule is O=C(COC(=O)c1ccc(Nc2ccccc2)c([N+](=O)[O-])c1)Nc1ccccc1F. The number of benzene rings is 3. The highest BCUT2D eigenvalue weighted by Gasteiger charge is 2.19. The zero-order valence-electron chi connectivity index (χ0n) is 15.5. The number of nitrogens with one attached hydrogen (secondary N) is 2. The second kappa shape index (κ2) is 9.28. The van der Waals surface area contributed by atoms with Crippen molar-refractivity contribution in [3.63, 3.8) is 0 Å². The number of rotatable bonds is 7. The van der Waals surface area contributed by atoms with Crippen molar-refractivity contribution < 1.29 is 23.6 Å². The van der Waals surface area contributed by atoms with Gasteiger partial charge >= 0.3 is 5.97 Å². The van der Waals surface area contributed by atoms with Crippen LogP contribution in [0.2, 0.25) is 0 Å². The van der Waals surface area contributed by atoms with E-state index in [-0.39, 0.29) is 22.6 Å². The lowest BCUT2D eigenvalue weighted by atomic mass is 10.1. The second-order valence-corrected chi connectivity index (χ2v) is 6.08. The van der Waals surface area contributed by atoms with E-state index in [0.29, 0.717) is 5.69 Å². The quantitative estimate of drug-likeness (QED) is 0.342. The number of halogens is 1. The molecule has 0 aliphatic rings. The van der Waals surface area contributed by atoms with E-state index >= 15 is 0 Å². The minimum Gasteiger partial charge on any atom is -0.452 e. The third-order valence-electron chi connectivity index (χ3n) is 3.97. The molecule has 0 unspecified atom stereocenters. The van der Waals surface area contributed by atoms with Crippen LogP contribution >= 0.6 is 0 Å². The van der Waals surface area contributed by atoms with Gasteiger partial charge in [-0.05, 0) is 36.4 Å². The van der Waals surface area contributed by atoms with E-state index in [1.54, 1.807) is 30.3 Å². The Morgan fingerprint density at radius 1 is 0.967 bits per heavy atom. The number of ether oxygens (including phenoxy) is 1. The van der Waals surface area contributed by atoms with E-state index in [2.05, 4.69) is 10.6 Å². The molecule has 0 spiro atoms. The Morgan fingerprint density at radius 2 is 1.67 bits per heavy atom. The van der Waals surface area contributed by atoms with Crippen molar-refractivity contribution in [2.45, 2.75) is 0 Å². The number of carbonyl (C=O) groups excluding carboxylic acids is 2. The molecule has 3 aromatic rings. The zero-order chi connectivity index (χ0) is 21.5. The monoisotopic (exact) mass is 409 g/mol. The summed E-state index contributed by atoms with van der Waals surface area (Å²) in [6, 6.07) is 18.1. The van der Waals surface area contributed by atoms with Crippen molar-refractivity contribution in [2.24, 2.45) is 0 Å². The molecule has 1 amide bonds. The number of hydrogen-bond donors (Lipinski definition) is 2. The second-order valence-electron chi connectivity index (χ2n) is 6.08. The number of para-hydroxylation sites is 2. The van der Waals surface area contributed by atoms with E-state index in [9.17, 15) is 24.1 Å². The lowest BCUT2D eigenvalue weighted by Crippen LogP contribution is -2.21. The Morgan fingerprint density at radius 3 is 2.37 bits per heavy atom. The molecule has 152 valence electrons. The average molecular weight is 409 g/mol. The number of hydrogen-bond acceptors (Lipinski definition) is 6. The molecule has 0 aromatic heterocycles. The summed E-state index contributed by atoms with van der Waals surface area (Å²) in [5.41, 5.74) is 0.356. The Labute approximate surface area is 170 Å². The topological polar surface area (TPSA) is 111 Å². The van der Waals surface area contributed by atoms with Crippen LogP contribution in [-0.4, -0.2) is 23.4 Å². The van der Waals surface area contributed by atoms with Gasteiger partial charge in [-0.25, -0.2) is 9.18 Å². The van der Waals surface area contributed by atoms with Crippen LogP contribution in [0.3, 0.4) is 0 Å². The maximum Gasteiger partial charge on any atom is 0.338 e. The number of nitro benzene ring substituents is 1. The van der Waals surface area contributed by atoms with Crippen molar-refractivity contribution in [2.75, 3.05) is 17.2 Å². The highest BCUT2D eigenvalue weighted by atomic mass is 19.1. The number of amides is 1. The molecule has 0 radical (unpaired) electrons. The van der Waals surface area contributed by atoms with Crippen LogP contribution in [0, 0.1) is 15.9 Å². The van der Waals surface area contributed by atoms with E-state index in [4.69, 9.17) is 4.74 Å². The van der Waals surface area contributed by atoms with Crippen molar-refractivity contribution in [3.8, 4) is 0 Å². The van der Waals surface area contributed by atoms with E-state index < -0.39 is 29.2 Å². The number of carbonyl (C=O) groups is 2. The highest BCUT2D eigenvalue weighted by molar-refractivity contribution is 5.96. The summed E-state index contributed by atoms with van der Waals surface area (Å²) in [5, 5.41) is 16.6. The summed E-state index contributed by atoms with van der Waals surface area (Å²) in [6.07, 6.45) is 0. The first-order valence-corrected chi connectivity index (χ1v) is 8.76. The average Bonchev–Trinajstić information content (AvgIpc) is 2.74. The van der Waals surface area contributed by atoms with Gasteiger partial charge in [-0.15, -0.1) is 0 Å². The van der Waals surface area contributed by atoms with Gasteiger partial charge in [0.1, 0.15) is 11.5 Å². The molecule has 3 aromatic carbocycles. The lowest BCUT2D eigenvalue weighted by Gasteiger charge is -2.09. The van der Waals surface area contributed by atoms with Gasteiger partial charge in [0.2, 0.25) is 0 Å². The molecular weight excluding hydrogens is 393 g/mol. The summed E-state index contributed by atoms with van der Waals surface area (Å²) in [4.78, 5) is 34.8. The maximum atomic E-state index is 13.5. The molecular formula is C21H16FN3O5. The Bertz CT molecular complexity index is 1090. The first-order valence-electron chi connectivity index (χ1n) is 8.76. The molecule has 0 aliphatic carbocycles. The first kappa shape index (κ1) is 20.5. The van der Waals surface area contributed by atoms with Crippen molar-refractivity contribution in [1.29, 1.82) is 0 Å². The van der Waals surface area contributed by atoms with Crippen molar-refractivity contribution >= 4 is 34.6 Å². The van der Waals surface area contributed by atoms with Crippen LogP contribution in [0.15, 0.2) is 72.8 Å². The van der Waals surface area contributed by atoms with Gasteiger partial charge in [-0.2, -0.15) is 0 Å². The normalized spacial score (nSPS) is 10.2. The summed E-state index contributed by atoms with van der Waals surface area (Å²) >= 11 is 0. The van der Waals surface area contributed by atoms with Crippen LogP contribution < -0.4 is 10.6 Å². The summed E-state index contributed by atoms with van der Waals surface area (Å²) in [5.74, 6) is -2.30. The number of nitrogens with zero attached hydrogens (tertiary/aromatic N) is 1. The zero-order valence-corrected chi connectivity index (χ0v) is 15.5. The molecule has 30 heavy (non-hydrogen) atoms. The summed E-state index contributed by atoms with van der Waals surface area (Å²) < 4.78 is 18.4. The van der Waals surface area contributed by atoms with Gasteiger partial charge in [-0.1, -0.05) is 30.3 Å². The Balaban J connectivity index is 1.67. The molecule has 3 rings (SSSR count).